The number of nitrogens with zero attached hydrogens (tertiary/aromatic N) is 1. The van der Waals surface area contributed by atoms with Gasteiger partial charge < -0.3 is 5.21 Å². The van der Waals surface area contributed by atoms with Crippen molar-refractivity contribution in [2.75, 3.05) is 6.26 Å². The molecule has 0 saturated carbocycles. The fourth-order valence-electron chi connectivity index (χ4n) is 0.288. The van der Waals surface area contributed by atoms with Gasteiger partial charge in [0.05, 0.1) is 0 Å². The first kappa shape index (κ1) is 7.56. The molecule has 46 valence electrons. The van der Waals surface area contributed by atoms with Crippen LogP contribution in [-0.4, -0.2) is 16.5 Å². The average molecular weight is 131 g/mol. The molecule has 0 aromatic carbocycles. The maximum absolute atomic E-state index is 8.18. The fraction of sp³-hybridized carbons (Fsp3) is 0.400. The zero-order valence-corrected chi connectivity index (χ0v) is 5.61. The SMILES string of the molecule is C=CCC(=NO)SC. The summed E-state index contributed by atoms with van der Waals surface area (Å²) in [6.45, 7) is 3.49. The number of hydrogen-bond acceptors (Lipinski definition) is 3. The molecular formula is C5H9NOS. The van der Waals surface area contributed by atoms with Crippen LogP contribution >= 0.6 is 11.8 Å². The minimum atomic E-state index is 0.650. The Kier molecular flexibility index (Phi) is 4.45. The lowest BCUT2D eigenvalue weighted by Crippen LogP contribution is -1.86. The van der Waals surface area contributed by atoms with Crippen LogP contribution in [0.25, 0.3) is 0 Å². The highest BCUT2D eigenvalue weighted by atomic mass is 32.2. The quantitative estimate of drug-likeness (QED) is 0.203. The van der Waals surface area contributed by atoms with E-state index < -0.39 is 0 Å². The Morgan fingerprint density at radius 3 is 2.75 bits per heavy atom. The van der Waals surface area contributed by atoms with Crippen LogP contribution in [0.4, 0.5) is 0 Å². The zero-order chi connectivity index (χ0) is 6.41. The van der Waals surface area contributed by atoms with Crippen molar-refractivity contribution in [1.29, 1.82) is 0 Å². The second-order valence-electron chi connectivity index (χ2n) is 1.19. The maximum Gasteiger partial charge on any atom is 0.116 e. The molecule has 0 aliphatic heterocycles. The maximum atomic E-state index is 8.18. The Balaban J connectivity index is 3.53. The lowest BCUT2D eigenvalue weighted by Gasteiger charge is -1.90. The van der Waals surface area contributed by atoms with Gasteiger partial charge in [0, 0.05) is 6.42 Å². The molecule has 0 unspecified atom stereocenters. The van der Waals surface area contributed by atoms with Crippen molar-refractivity contribution in [3.63, 3.8) is 0 Å². The van der Waals surface area contributed by atoms with E-state index in [0.717, 1.165) is 0 Å². The van der Waals surface area contributed by atoms with E-state index >= 15 is 0 Å². The minimum absolute atomic E-state index is 0.650. The molecule has 0 radical (unpaired) electrons. The average Bonchev–Trinajstić information content (AvgIpc) is 1.83. The van der Waals surface area contributed by atoms with Crippen molar-refractivity contribution >= 4 is 16.8 Å². The summed E-state index contributed by atoms with van der Waals surface area (Å²) in [5, 5.41) is 11.9. The molecule has 0 aromatic rings. The molecule has 0 atom stereocenters. The van der Waals surface area contributed by atoms with E-state index in [2.05, 4.69) is 11.7 Å². The van der Waals surface area contributed by atoms with E-state index in [9.17, 15) is 0 Å². The van der Waals surface area contributed by atoms with Crippen LogP contribution < -0.4 is 0 Å². The summed E-state index contributed by atoms with van der Waals surface area (Å²) < 4.78 is 0. The summed E-state index contributed by atoms with van der Waals surface area (Å²) in [4.78, 5) is 0. The van der Waals surface area contributed by atoms with E-state index in [1.165, 1.54) is 11.8 Å². The number of allylic oxidation sites excluding steroid dienone is 1. The molecule has 0 saturated heterocycles. The third-order valence-corrected chi connectivity index (χ3v) is 1.39. The summed E-state index contributed by atoms with van der Waals surface area (Å²) in [7, 11) is 0. The Labute approximate surface area is 53.3 Å². The Bertz CT molecular complexity index is 101. The highest BCUT2D eigenvalue weighted by Crippen LogP contribution is 2.01. The second kappa shape index (κ2) is 4.71. The van der Waals surface area contributed by atoms with E-state index in [4.69, 9.17) is 5.21 Å². The van der Waals surface area contributed by atoms with Crippen LogP contribution in [0, 0.1) is 0 Å². The third-order valence-electron chi connectivity index (χ3n) is 0.666. The Hall–Kier alpha value is -0.440. The van der Waals surface area contributed by atoms with Crippen LogP contribution in [0.1, 0.15) is 6.42 Å². The molecule has 0 heterocycles. The van der Waals surface area contributed by atoms with Gasteiger partial charge in [-0.1, -0.05) is 11.2 Å². The van der Waals surface area contributed by atoms with Gasteiger partial charge in [-0.3, -0.25) is 0 Å². The van der Waals surface area contributed by atoms with Crippen molar-refractivity contribution in [1.82, 2.24) is 0 Å². The van der Waals surface area contributed by atoms with Crippen molar-refractivity contribution in [3.05, 3.63) is 12.7 Å². The Morgan fingerprint density at radius 2 is 2.62 bits per heavy atom. The largest absolute Gasteiger partial charge is 0.410 e. The van der Waals surface area contributed by atoms with Crippen LogP contribution in [0.5, 0.6) is 0 Å². The topological polar surface area (TPSA) is 32.6 Å². The van der Waals surface area contributed by atoms with E-state index in [1.54, 1.807) is 6.08 Å². The molecular weight excluding hydrogens is 122 g/mol. The molecule has 8 heavy (non-hydrogen) atoms. The van der Waals surface area contributed by atoms with Gasteiger partial charge in [-0.2, -0.15) is 0 Å². The molecule has 0 aromatic heterocycles. The smallest absolute Gasteiger partial charge is 0.116 e. The zero-order valence-electron chi connectivity index (χ0n) is 4.79. The predicted molar refractivity (Wildman–Crippen MR) is 37.6 cm³/mol. The standard InChI is InChI=1S/C5H9NOS/c1-3-4-5(6-7)8-2/h3,7H,1,4H2,2H3. The summed E-state index contributed by atoms with van der Waals surface area (Å²) in [5.41, 5.74) is 0. The molecule has 1 N–H and O–H groups in total. The first-order chi connectivity index (χ1) is 3.85. The third kappa shape index (κ3) is 2.69. The molecule has 0 rings (SSSR count). The van der Waals surface area contributed by atoms with Crippen LogP contribution in [-0.2, 0) is 0 Å². The van der Waals surface area contributed by atoms with Gasteiger partial charge >= 0.3 is 0 Å². The monoisotopic (exact) mass is 131 g/mol. The van der Waals surface area contributed by atoms with Gasteiger partial charge in [-0.25, -0.2) is 0 Å². The molecule has 0 spiro atoms. The van der Waals surface area contributed by atoms with Gasteiger partial charge in [0.2, 0.25) is 0 Å². The van der Waals surface area contributed by atoms with Crippen molar-refractivity contribution in [2.24, 2.45) is 5.16 Å². The van der Waals surface area contributed by atoms with Gasteiger partial charge in [0.15, 0.2) is 0 Å². The van der Waals surface area contributed by atoms with E-state index in [1.807, 2.05) is 6.26 Å². The predicted octanol–water partition coefficient (Wildman–Crippen LogP) is 1.71. The highest BCUT2D eigenvalue weighted by Gasteiger charge is 1.89. The van der Waals surface area contributed by atoms with Gasteiger partial charge in [0.25, 0.3) is 0 Å². The van der Waals surface area contributed by atoms with Crippen LogP contribution in [0.3, 0.4) is 0 Å². The molecule has 0 bridgehead atoms. The fourth-order valence-corrected chi connectivity index (χ4v) is 0.655. The second-order valence-corrected chi connectivity index (χ2v) is 2.07. The van der Waals surface area contributed by atoms with Crippen molar-refractivity contribution < 1.29 is 5.21 Å². The van der Waals surface area contributed by atoms with Crippen molar-refractivity contribution in [3.8, 4) is 0 Å². The molecule has 0 aliphatic carbocycles. The first-order valence-electron chi connectivity index (χ1n) is 2.21. The molecule has 3 heteroatoms. The number of hydrogen-bond donors (Lipinski definition) is 1. The number of thioether (sulfide) groups is 1. The van der Waals surface area contributed by atoms with Gasteiger partial charge in [-0.05, 0) is 6.26 Å². The summed E-state index contributed by atoms with van der Waals surface area (Å²) in [6, 6.07) is 0. The molecule has 0 aliphatic rings. The molecule has 0 amide bonds. The summed E-state index contributed by atoms with van der Waals surface area (Å²) in [5.74, 6) is 0. The number of rotatable bonds is 2. The molecule has 2 nitrogen and oxygen atoms in total. The van der Waals surface area contributed by atoms with Crippen molar-refractivity contribution in [2.45, 2.75) is 6.42 Å². The van der Waals surface area contributed by atoms with E-state index in [-0.39, 0.29) is 0 Å². The number of oxime groups is 1. The van der Waals surface area contributed by atoms with E-state index in [0.29, 0.717) is 11.5 Å². The van der Waals surface area contributed by atoms with Crippen LogP contribution in [0.2, 0.25) is 0 Å². The molecule has 0 fully saturated rings. The lowest BCUT2D eigenvalue weighted by molar-refractivity contribution is 0.320. The summed E-state index contributed by atoms with van der Waals surface area (Å²) >= 11 is 1.42. The summed E-state index contributed by atoms with van der Waals surface area (Å²) in [6.07, 6.45) is 4.21. The van der Waals surface area contributed by atoms with Crippen LogP contribution in [0.15, 0.2) is 17.8 Å². The lowest BCUT2D eigenvalue weighted by atomic mass is 10.5. The minimum Gasteiger partial charge on any atom is -0.410 e. The normalized spacial score (nSPS) is 11.4. The Morgan fingerprint density at radius 1 is 2.00 bits per heavy atom. The van der Waals surface area contributed by atoms with Gasteiger partial charge in [0.1, 0.15) is 5.04 Å². The van der Waals surface area contributed by atoms with Gasteiger partial charge in [-0.15, -0.1) is 18.3 Å². The first-order valence-corrected chi connectivity index (χ1v) is 3.43. The highest BCUT2D eigenvalue weighted by molar-refractivity contribution is 8.13.